The standard InChI is InChI=1S/C21H19Cl2N5O/c1-12-18(7-15-10-24-20-19(15)8-17(23)11-25-20)13(2)28(27-12)21(29)26-9-14-3-5-16(22)6-4-14/h3-6,8,10-11H,7,9H2,1-2H3,(H,24,25)(H,26,29). The number of halogens is 2. The number of aromatic nitrogens is 4. The highest BCUT2D eigenvalue weighted by molar-refractivity contribution is 6.31. The highest BCUT2D eigenvalue weighted by Crippen LogP contribution is 2.25. The van der Waals surface area contributed by atoms with Crippen LogP contribution in [0.15, 0.2) is 42.7 Å². The van der Waals surface area contributed by atoms with E-state index in [4.69, 9.17) is 23.2 Å². The molecule has 0 unspecified atom stereocenters. The fourth-order valence-corrected chi connectivity index (χ4v) is 3.64. The third-order valence-corrected chi connectivity index (χ3v) is 5.40. The first-order chi connectivity index (χ1) is 13.9. The number of pyridine rings is 1. The molecule has 0 saturated heterocycles. The summed E-state index contributed by atoms with van der Waals surface area (Å²) in [5.41, 5.74) is 5.43. The van der Waals surface area contributed by atoms with Gasteiger partial charge in [0.2, 0.25) is 0 Å². The van der Waals surface area contributed by atoms with Crippen molar-refractivity contribution in [3.05, 3.63) is 80.8 Å². The number of hydrogen-bond acceptors (Lipinski definition) is 3. The van der Waals surface area contributed by atoms with Crippen LogP contribution in [0, 0.1) is 13.8 Å². The minimum Gasteiger partial charge on any atom is -0.346 e. The summed E-state index contributed by atoms with van der Waals surface area (Å²) < 4.78 is 1.42. The van der Waals surface area contributed by atoms with Crippen molar-refractivity contribution < 1.29 is 4.79 Å². The number of aryl methyl sites for hydroxylation is 1. The zero-order chi connectivity index (χ0) is 20.5. The largest absolute Gasteiger partial charge is 0.346 e. The van der Waals surface area contributed by atoms with E-state index in [2.05, 4.69) is 20.4 Å². The molecule has 6 nitrogen and oxygen atoms in total. The molecule has 3 heterocycles. The fraction of sp³-hybridized carbons (Fsp3) is 0.190. The number of fused-ring (bicyclic) bond motifs is 1. The molecule has 0 aliphatic carbocycles. The van der Waals surface area contributed by atoms with Gasteiger partial charge in [-0.2, -0.15) is 9.78 Å². The van der Waals surface area contributed by atoms with Gasteiger partial charge in [-0.1, -0.05) is 35.3 Å². The molecular weight excluding hydrogens is 409 g/mol. The van der Waals surface area contributed by atoms with E-state index >= 15 is 0 Å². The number of carbonyl (C=O) groups excluding carboxylic acids is 1. The van der Waals surface area contributed by atoms with E-state index in [0.29, 0.717) is 23.0 Å². The lowest BCUT2D eigenvalue weighted by molar-refractivity contribution is 0.238. The van der Waals surface area contributed by atoms with Crippen molar-refractivity contribution in [3.63, 3.8) is 0 Å². The Balaban J connectivity index is 1.54. The van der Waals surface area contributed by atoms with Crippen molar-refractivity contribution in [1.82, 2.24) is 25.1 Å². The number of nitrogens with zero attached hydrogens (tertiary/aromatic N) is 3. The van der Waals surface area contributed by atoms with E-state index in [1.165, 1.54) is 4.68 Å². The Morgan fingerprint density at radius 3 is 2.69 bits per heavy atom. The van der Waals surface area contributed by atoms with Crippen molar-refractivity contribution in [2.75, 3.05) is 0 Å². The molecule has 0 radical (unpaired) electrons. The molecule has 0 aliphatic rings. The summed E-state index contributed by atoms with van der Waals surface area (Å²) in [6.45, 7) is 4.21. The van der Waals surface area contributed by atoms with Crippen molar-refractivity contribution >= 4 is 40.3 Å². The molecule has 2 N–H and O–H groups in total. The molecule has 148 valence electrons. The van der Waals surface area contributed by atoms with Crippen LogP contribution in [0.5, 0.6) is 0 Å². The van der Waals surface area contributed by atoms with E-state index in [0.717, 1.165) is 39.1 Å². The highest BCUT2D eigenvalue weighted by atomic mass is 35.5. The average molecular weight is 428 g/mol. The smallest absolute Gasteiger partial charge is 0.342 e. The van der Waals surface area contributed by atoms with Crippen LogP contribution in [0.1, 0.15) is 28.1 Å². The summed E-state index contributed by atoms with van der Waals surface area (Å²) in [6.07, 6.45) is 4.17. The third kappa shape index (κ3) is 3.99. The predicted octanol–water partition coefficient (Wildman–Crippen LogP) is 5.03. The molecule has 0 aliphatic heterocycles. The van der Waals surface area contributed by atoms with Gasteiger partial charge in [0, 0.05) is 47.0 Å². The number of nitrogens with one attached hydrogen (secondary N) is 2. The average Bonchev–Trinajstić information content (AvgIpc) is 3.23. The van der Waals surface area contributed by atoms with Crippen LogP contribution in [-0.4, -0.2) is 25.8 Å². The predicted molar refractivity (Wildman–Crippen MR) is 115 cm³/mol. The van der Waals surface area contributed by atoms with Gasteiger partial charge in [-0.25, -0.2) is 9.78 Å². The van der Waals surface area contributed by atoms with Gasteiger partial charge < -0.3 is 10.3 Å². The SMILES string of the molecule is Cc1nn(C(=O)NCc2ccc(Cl)cc2)c(C)c1Cc1c[nH]c2ncc(Cl)cc12. The monoisotopic (exact) mass is 427 g/mol. The molecule has 1 aromatic carbocycles. The second kappa shape index (κ2) is 7.89. The van der Waals surface area contributed by atoms with Crippen LogP contribution in [0.2, 0.25) is 10.0 Å². The van der Waals surface area contributed by atoms with E-state index in [-0.39, 0.29) is 6.03 Å². The number of carbonyl (C=O) groups is 1. The molecule has 1 amide bonds. The topological polar surface area (TPSA) is 75.6 Å². The maximum Gasteiger partial charge on any atom is 0.342 e. The number of amides is 1. The first-order valence-electron chi connectivity index (χ1n) is 9.11. The molecular formula is C21H19Cl2N5O. The highest BCUT2D eigenvalue weighted by Gasteiger charge is 2.18. The van der Waals surface area contributed by atoms with Gasteiger partial charge in [0.15, 0.2) is 0 Å². The van der Waals surface area contributed by atoms with E-state index in [1.54, 1.807) is 18.3 Å². The second-order valence-corrected chi connectivity index (χ2v) is 7.76. The van der Waals surface area contributed by atoms with E-state index in [9.17, 15) is 4.79 Å². The number of aromatic amines is 1. The Morgan fingerprint density at radius 2 is 1.93 bits per heavy atom. The molecule has 3 aromatic heterocycles. The van der Waals surface area contributed by atoms with E-state index in [1.807, 2.05) is 38.2 Å². The normalized spacial score (nSPS) is 11.2. The van der Waals surface area contributed by atoms with Gasteiger partial charge in [-0.3, -0.25) is 0 Å². The van der Waals surface area contributed by atoms with Gasteiger partial charge in [0.05, 0.1) is 10.7 Å². The van der Waals surface area contributed by atoms with Gasteiger partial charge in [0.1, 0.15) is 5.65 Å². The van der Waals surface area contributed by atoms with Crippen LogP contribution >= 0.6 is 23.2 Å². The number of rotatable bonds is 4. The lowest BCUT2D eigenvalue weighted by atomic mass is 10.0. The fourth-order valence-electron chi connectivity index (χ4n) is 3.35. The summed E-state index contributed by atoms with van der Waals surface area (Å²) in [5.74, 6) is 0. The summed E-state index contributed by atoms with van der Waals surface area (Å²) in [7, 11) is 0. The van der Waals surface area contributed by atoms with Crippen molar-refractivity contribution in [2.24, 2.45) is 0 Å². The van der Waals surface area contributed by atoms with Crippen molar-refractivity contribution in [2.45, 2.75) is 26.8 Å². The Hall–Kier alpha value is -2.83. The summed E-state index contributed by atoms with van der Waals surface area (Å²) in [5, 5.41) is 9.56. The number of benzene rings is 1. The maximum atomic E-state index is 12.7. The van der Waals surface area contributed by atoms with Crippen molar-refractivity contribution in [3.8, 4) is 0 Å². The number of H-pyrrole nitrogens is 1. The van der Waals surface area contributed by atoms with E-state index < -0.39 is 0 Å². The van der Waals surface area contributed by atoms with Crippen LogP contribution in [0.4, 0.5) is 4.79 Å². The van der Waals surface area contributed by atoms with Crippen molar-refractivity contribution in [1.29, 1.82) is 0 Å². The lowest BCUT2D eigenvalue weighted by Crippen LogP contribution is -2.29. The zero-order valence-electron chi connectivity index (χ0n) is 16.0. The minimum absolute atomic E-state index is 0.268. The van der Waals surface area contributed by atoms with Crippen LogP contribution in [-0.2, 0) is 13.0 Å². The summed E-state index contributed by atoms with van der Waals surface area (Å²) in [6, 6.07) is 8.98. The molecule has 0 spiro atoms. The molecule has 0 fully saturated rings. The first-order valence-corrected chi connectivity index (χ1v) is 9.87. The Bertz CT molecular complexity index is 1190. The summed E-state index contributed by atoms with van der Waals surface area (Å²) >= 11 is 12.0. The lowest BCUT2D eigenvalue weighted by Gasteiger charge is -2.07. The van der Waals surface area contributed by atoms with Crippen LogP contribution < -0.4 is 5.32 Å². The van der Waals surface area contributed by atoms with Crippen LogP contribution in [0.3, 0.4) is 0 Å². The molecule has 29 heavy (non-hydrogen) atoms. The number of hydrogen-bond donors (Lipinski definition) is 2. The molecule has 0 saturated carbocycles. The Labute approximate surface area is 177 Å². The molecule has 0 atom stereocenters. The zero-order valence-corrected chi connectivity index (χ0v) is 17.5. The third-order valence-electron chi connectivity index (χ3n) is 4.94. The minimum atomic E-state index is -0.268. The maximum absolute atomic E-state index is 12.7. The van der Waals surface area contributed by atoms with Gasteiger partial charge >= 0.3 is 6.03 Å². The molecule has 8 heteroatoms. The second-order valence-electron chi connectivity index (χ2n) is 6.89. The Kier molecular flexibility index (Phi) is 5.30. The van der Waals surface area contributed by atoms with Gasteiger partial charge in [0.25, 0.3) is 0 Å². The quantitative estimate of drug-likeness (QED) is 0.479. The Morgan fingerprint density at radius 1 is 1.17 bits per heavy atom. The molecule has 0 bridgehead atoms. The summed E-state index contributed by atoms with van der Waals surface area (Å²) in [4.78, 5) is 20.1. The van der Waals surface area contributed by atoms with Gasteiger partial charge in [-0.15, -0.1) is 0 Å². The molecule has 4 rings (SSSR count). The molecule has 4 aromatic rings. The van der Waals surface area contributed by atoms with Crippen LogP contribution in [0.25, 0.3) is 11.0 Å². The first kappa shape index (κ1) is 19.5. The van der Waals surface area contributed by atoms with Gasteiger partial charge in [-0.05, 0) is 43.2 Å².